The van der Waals surface area contributed by atoms with Gasteiger partial charge in [-0.05, 0) is 24.3 Å². The zero-order valence-electron chi connectivity index (χ0n) is 23.7. The lowest BCUT2D eigenvalue weighted by atomic mass is 9.98. The van der Waals surface area contributed by atoms with Crippen LogP contribution in [0.15, 0.2) is 45.6 Å². The molecule has 5 rings (SSSR count). The highest BCUT2D eigenvalue weighted by Gasteiger charge is 2.48. The van der Waals surface area contributed by atoms with Gasteiger partial charge in [0.2, 0.25) is 17.5 Å². The molecule has 2 aromatic carbocycles. The van der Waals surface area contributed by atoms with Crippen LogP contribution in [0.1, 0.15) is 0 Å². The SMILES string of the molecule is O=c1c(O[C@@H]2O[C@@H](CO[C@@H]3O[C@@H](COS(=O)(=O)O)[C@H](O)[C@H](O)[C@H]3O)[C@H](O)[C@H](O)[C@@H]2O)c(-c2ccc(O)cc2)oc2cc(O)cc(O)c12. The molecule has 20 heteroatoms. The number of aromatic hydroxyl groups is 3. The van der Waals surface area contributed by atoms with Gasteiger partial charge in [-0.2, -0.15) is 8.42 Å². The van der Waals surface area contributed by atoms with E-state index in [0.717, 1.165) is 12.1 Å². The lowest BCUT2D eigenvalue weighted by Crippen LogP contribution is -2.62. The topological polar surface area (TPSA) is 313 Å². The molecule has 47 heavy (non-hydrogen) atoms. The smallest absolute Gasteiger partial charge is 0.397 e. The Morgan fingerprint density at radius 1 is 0.723 bits per heavy atom. The van der Waals surface area contributed by atoms with E-state index in [4.69, 9.17) is 27.9 Å². The molecule has 2 fully saturated rings. The highest BCUT2D eigenvalue weighted by molar-refractivity contribution is 7.80. The van der Waals surface area contributed by atoms with Gasteiger partial charge in [-0.1, -0.05) is 0 Å². The molecule has 3 aromatic rings. The van der Waals surface area contributed by atoms with Gasteiger partial charge in [-0.3, -0.25) is 9.35 Å². The van der Waals surface area contributed by atoms with Crippen molar-refractivity contribution in [2.45, 2.75) is 61.4 Å². The van der Waals surface area contributed by atoms with Crippen molar-refractivity contribution in [2.75, 3.05) is 13.2 Å². The lowest BCUT2D eigenvalue weighted by molar-refractivity contribution is -0.322. The molecule has 0 amide bonds. The summed E-state index contributed by atoms with van der Waals surface area (Å²) >= 11 is 0. The van der Waals surface area contributed by atoms with Crippen molar-refractivity contribution in [3.8, 4) is 34.3 Å². The number of rotatable bonds is 9. The molecule has 0 spiro atoms. The molecule has 0 saturated carbocycles. The van der Waals surface area contributed by atoms with Gasteiger partial charge < -0.3 is 69.3 Å². The van der Waals surface area contributed by atoms with Crippen LogP contribution in [0.4, 0.5) is 0 Å². The standard InChI is InChI=1S/C27H30O19S/c28-10-3-1-9(2-4-10)24-25(19(33)16-12(30)5-11(29)6-13(16)43-24)46-27-23(37)21(35)17(31)14(45-27)7-41-26-22(36)20(34)18(32)15(44-26)8-42-47(38,39)40/h1-6,14-15,17-18,20-23,26-32,34-37H,7-8H2,(H,38,39,40)/t14-,15-,17-,18-,20-,21-,22+,23-,26+,27-/m0/s1. The maximum absolute atomic E-state index is 13.6. The second-order valence-corrected chi connectivity index (χ2v) is 11.8. The highest BCUT2D eigenvalue weighted by Crippen LogP contribution is 2.37. The minimum Gasteiger partial charge on any atom is -0.508 e. The number of phenols is 3. The first-order valence-corrected chi connectivity index (χ1v) is 15.0. The molecule has 3 heterocycles. The molecular weight excluding hydrogens is 660 g/mol. The first-order valence-electron chi connectivity index (χ1n) is 13.7. The second kappa shape index (κ2) is 13.5. The maximum Gasteiger partial charge on any atom is 0.397 e. The zero-order chi connectivity index (χ0) is 34.4. The Balaban J connectivity index is 1.41. The molecule has 0 bridgehead atoms. The van der Waals surface area contributed by atoms with E-state index in [-0.39, 0.29) is 22.7 Å². The minimum absolute atomic E-state index is 0.141. The molecule has 0 aliphatic carbocycles. The fourth-order valence-electron chi connectivity index (χ4n) is 4.98. The number of aliphatic hydroxyl groups excluding tert-OH is 6. The molecule has 258 valence electrons. The summed E-state index contributed by atoms with van der Waals surface area (Å²) in [5.41, 5.74) is -1.14. The van der Waals surface area contributed by atoms with Gasteiger partial charge in [-0.25, -0.2) is 4.18 Å². The molecule has 0 unspecified atom stereocenters. The van der Waals surface area contributed by atoms with E-state index in [1.807, 2.05) is 0 Å². The van der Waals surface area contributed by atoms with Crippen LogP contribution >= 0.6 is 0 Å². The number of benzene rings is 2. The second-order valence-electron chi connectivity index (χ2n) is 10.7. The average molecular weight is 691 g/mol. The number of hydrogen-bond donors (Lipinski definition) is 10. The number of aliphatic hydroxyl groups is 6. The summed E-state index contributed by atoms with van der Waals surface area (Å²) in [7, 11) is -4.98. The van der Waals surface area contributed by atoms with Crippen molar-refractivity contribution < 1.29 is 86.5 Å². The maximum atomic E-state index is 13.6. The van der Waals surface area contributed by atoms with E-state index in [2.05, 4.69) is 4.18 Å². The number of fused-ring (bicyclic) bond motifs is 1. The minimum atomic E-state index is -4.98. The molecular formula is C27H30O19S. The van der Waals surface area contributed by atoms with Gasteiger partial charge in [-0.15, -0.1) is 0 Å². The van der Waals surface area contributed by atoms with E-state index >= 15 is 0 Å². The lowest BCUT2D eigenvalue weighted by Gasteiger charge is -2.42. The summed E-state index contributed by atoms with van der Waals surface area (Å²) in [6, 6.07) is 7.06. The van der Waals surface area contributed by atoms with E-state index in [0.29, 0.717) is 0 Å². The Bertz CT molecular complexity index is 1740. The summed E-state index contributed by atoms with van der Waals surface area (Å²) in [6.07, 6.45) is -18.7. The van der Waals surface area contributed by atoms with Crippen molar-refractivity contribution in [3.05, 3.63) is 46.6 Å². The summed E-state index contributed by atoms with van der Waals surface area (Å²) in [5, 5.41) is 92.0. The van der Waals surface area contributed by atoms with E-state index < -0.39 is 113 Å². The molecule has 1 aromatic heterocycles. The third-order valence-corrected chi connectivity index (χ3v) is 7.86. The van der Waals surface area contributed by atoms with Gasteiger partial charge in [0, 0.05) is 17.7 Å². The predicted molar refractivity (Wildman–Crippen MR) is 150 cm³/mol. The summed E-state index contributed by atoms with van der Waals surface area (Å²) in [4.78, 5) is 13.6. The summed E-state index contributed by atoms with van der Waals surface area (Å²) < 4.78 is 62.5. The molecule has 10 N–H and O–H groups in total. The molecule has 19 nitrogen and oxygen atoms in total. The molecule has 0 radical (unpaired) electrons. The van der Waals surface area contributed by atoms with Crippen molar-refractivity contribution in [3.63, 3.8) is 0 Å². The summed E-state index contributed by atoms with van der Waals surface area (Å²) in [6.45, 7) is -1.78. The van der Waals surface area contributed by atoms with Crippen LogP contribution in [-0.4, -0.2) is 134 Å². The van der Waals surface area contributed by atoms with Crippen LogP contribution in [0.25, 0.3) is 22.3 Å². The van der Waals surface area contributed by atoms with Gasteiger partial charge in [0.25, 0.3) is 0 Å². The van der Waals surface area contributed by atoms with Crippen molar-refractivity contribution in [1.82, 2.24) is 0 Å². The third kappa shape index (κ3) is 7.28. The quantitative estimate of drug-likeness (QED) is 0.103. The Morgan fingerprint density at radius 3 is 1.91 bits per heavy atom. The summed E-state index contributed by atoms with van der Waals surface area (Å²) in [5.74, 6) is -2.27. The van der Waals surface area contributed by atoms with Gasteiger partial charge in [0.15, 0.2) is 12.1 Å². The predicted octanol–water partition coefficient (Wildman–Crippen LogP) is -2.59. The third-order valence-electron chi connectivity index (χ3n) is 7.42. The zero-order valence-corrected chi connectivity index (χ0v) is 24.5. The Hall–Kier alpha value is -3.64. The number of hydrogen-bond acceptors (Lipinski definition) is 18. The average Bonchev–Trinajstić information content (AvgIpc) is 3.00. The Kier molecular flexibility index (Phi) is 9.94. The van der Waals surface area contributed by atoms with Gasteiger partial charge in [0.1, 0.15) is 77.0 Å². The molecule has 2 aliphatic heterocycles. The monoisotopic (exact) mass is 690 g/mol. The van der Waals surface area contributed by atoms with E-state index in [1.165, 1.54) is 24.3 Å². The number of phenolic OH excluding ortho intramolecular Hbond substituents is 3. The van der Waals surface area contributed by atoms with E-state index in [1.54, 1.807) is 0 Å². The highest BCUT2D eigenvalue weighted by atomic mass is 32.3. The van der Waals surface area contributed by atoms with Crippen molar-refractivity contribution in [2.24, 2.45) is 0 Å². The number of ether oxygens (including phenoxy) is 4. The van der Waals surface area contributed by atoms with Crippen LogP contribution in [0.5, 0.6) is 23.0 Å². The van der Waals surface area contributed by atoms with Crippen LogP contribution in [-0.2, 0) is 28.8 Å². The van der Waals surface area contributed by atoms with Crippen LogP contribution in [0, 0.1) is 0 Å². The fourth-order valence-corrected chi connectivity index (χ4v) is 5.29. The van der Waals surface area contributed by atoms with Crippen LogP contribution < -0.4 is 10.2 Å². The molecule has 2 aliphatic rings. The van der Waals surface area contributed by atoms with Crippen molar-refractivity contribution in [1.29, 1.82) is 0 Å². The fraction of sp³-hybridized carbons (Fsp3) is 0.444. The Labute approximate surface area is 263 Å². The van der Waals surface area contributed by atoms with Crippen molar-refractivity contribution >= 4 is 21.4 Å². The van der Waals surface area contributed by atoms with E-state index in [9.17, 15) is 59.2 Å². The largest absolute Gasteiger partial charge is 0.508 e. The molecule has 10 atom stereocenters. The van der Waals surface area contributed by atoms with Gasteiger partial charge in [0.05, 0.1) is 13.2 Å². The van der Waals surface area contributed by atoms with Gasteiger partial charge >= 0.3 is 10.4 Å². The van der Waals surface area contributed by atoms with Crippen LogP contribution in [0.3, 0.4) is 0 Å². The molecule has 2 saturated heterocycles. The first kappa shape index (κ1) is 34.7. The van der Waals surface area contributed by atoms with Crippen LogP contribution in [0.2, 0.25) is 0 Å². The normalized spacial score (nSPS) is 31.6. The first-order chi connectivity index (χ1) is 22.1. The Morgan fingerprint density at radius 2 is 1.30 bits per heavy atom.